The van der Waals surface area contributed by atoms with Crippen molar-refractivity contribution < 1.29 is 19.5 Å². The summed E-state index contributed by atoms with van der Waals surface area (Å²) >= 11 is 0. The highest BCUT2D eigenvalue weighted by molar-refractivity contribution is 5.84. The summed E-state index contributed by atoms with van der Waals surface area (Å²) in [6, 6.07) is -0.567. The van der Waals surface area contributed by atoms with E-state index < -0.39 is 17.5 Å². The Balaban J connectivity index is 4.01. The second kappa shape index (κ2) is 6.72. The first kappa shape index (κ1) is 15.2. The number of carbonyl (C=O) groups excluding carboxylic acids is 2. The average Bonchev–Trinajstić information content (AvgIpc) is 2.12. The summed E-state index contributed by atoms with van der Waals surface area (Å²) in [5, 5.41) is 16.0. The van der Waals surface area contributed by atoms with Crippen molar-refractivity contribution in [3.05, 3.63) is 0 Å². The lowest BCUT2D eigenvalue weighted by Crippen LogP contribution is -2.51. The number of likely N-dealkylation sites (N-methyl/N-ethyl adjacent to an activating group) is 1. The lowest BCUT2D eigenvalue weighted by atomic mass is 10.0. The highest BCUT2D eigenvalue weighted by Crippen LogP contribution is 2.07. The van der Waals surface area contributed by atoms with Crippen LogP contribution >= 0.6 is 0 Å². The Morgan fingerprint density at radius 3 is 2.24 bits per heavy atom. The predicted molar refractivity (Wildman–Crippen MR) is 61.5 cm³/mol. The molecule has 0 aromatic carbocycles. The van der Waals surface area contributed by atoms with Crippen molar-refractivity contribution in [3.63, 3.8) is 0 Å². The molecule has 0 aromatic heterocycles. The fourth-order valence-electron chi connectivity index (χ4n) is 1.19. The lowest BCUT2D eigenvalue weighted by molar-refractivity contribution is -0.138. The third-order valence-corrected chi connectivity index (χ3v) is 1.83. The highest BCUT2D eigenvalue weighted by atomic mass is 16.4. The van der Waals surface area contributed by atoms with Crippen LogP contribution in [0.25, 0.3) is 0 Å². The number of aliphatic carboxylic acids is 1. The number of urea groups is 1. The molecule has 0 radical (unpaired) electrons. The average molecular weight is 245 g/mol. The number of carboxylic acids is 1. The SMILES string of the molecule is CCNC(=O)CNC(=O)NC(C)(C)CC(=O)O. The van der Waals surface area contributed by atoms with Crippen molar-refractivity contribution in [2.75, 3.05) is 13.1 Å². The van der Waals surface area contributed by atoms with E-state index in [9.17, 15) is 14.4 Å². The largest absolute Gasteiger partial charge is 0.481 e. The smallest absolute Gasteiger partial charge is 0.315 e. The van der Waals surface area contributed by atoms with Crippen LogP contribution in [0, 0.1) is 0 Å². The zero-order valence-electron chi connectivity index (χ0n) is 10.3. The molecule has 0 atom stereocenters. The fraction of sp³-hybridized carbons (Fsp3) is 0.700. The van der Waals surface area contributed by atoms with Gasteiger partial charge in [0, 0.05) is 12.1 Å². The van der Waals surface area contributed by atoms with Gasteiger partial charge in [-0.3, -0.25) is 9.59 Å². The molecule has 0 aromatic rings. The van der Waals surface area contributed by atoms with E-state index in [2.05, 4.69) is 16.0 Å². The van der Waals surface area contributed by atoms with Crippen LogP contribution in [-0.2, 0) is 9.59 Å². The maximum absolute atomic E-state index is 11.4. The number of carboxylic acid groups (broad SMARTS) is 1. The van der Waals surface area contributed by atoms with Crippen molar-refractivity contribution >= 4 is 17.9 Å². The van der Waals surface area contributed by atoms with Crippen molar-refractivity contribution in [2.24, 2.45) is 0 Å². The quantitative estimate of drug-likeness (QED) is 0.514. The molecule has 0 spiro atoms. The van der Waals surface area contributed by atoms with E-state index in [-0.39, 0.29) is 18.9 Å². The van der Waals surface area contributed by atoms with Crippen LogP contribution in [0.4, 0.5) is 4.79 Å². The zero-order valence-corrected chi connectivity index (χ0v) is 10.3. The van der Waals surface area contributed by atoms with Gasteiger partial charge in [-0.15, -0.1) is 0 Å². The maximum atomic E-state index is 11.4. The van der Waals surface area contributed by atoms with E-state index in [4.69, 9.17) is 5.11 Å². The van der Waals surface area contributed by atoms with Crippen LogP contribution < -0.4 is 16.0 Å². The Morgan fingerprint density at radius 1 is 1.18 bits per heavy atom. The second-order valence-electron chi connectivity index (χ2n) is 4.22. The summed E-state index contributed by atoms with van der Waals surface area (Å²) in [5.41, 5.74) is -0.864. The minimum absolute atomic E-state index is 0.136. The van der Waals surface area contributed by atoms with Gasteiger partial charge in [-0.2, -0.15) is 0 Å². The van der Waals surface area contributed by atoms with E-state index in [1.54, 1.807) is 20.8 Å². The van der Waals surface area contributed by atoms with E-state index >= 15 is 0 Å². The van der Waals surface area contributed by atoms with Crippen LogP contribution in [0.3, 0.4) is 0 Å². The first-order chi connectivity index (χ1) is 7.76. The summed E-state index contributed by atoms with van der Waals surface area (Å²) in [6.45, 7) is 5.31. The molecule has 0 fully saturated rings. The van der Waals surface area contributed by atoms with Gasteiger partial charge >= 0.3 is 12.0 Å². The van der Waals surface area contributed by atoms with Crippen molar-refractivity contribution in [1.29, 1.82) is 0 Å². The molecule has 0 heterocycles. The molecule has 4 N–H and O–H groups in total. The molecule has 0 saturated carbocycles. The third kappa shape index (κ3) is 8.06. The Hall–Kier alpha value is -1.79. The molecule has 7 nitrogen and oxygen atoms in total. The topological polar surface area (TPSA) is 108 Å². The molecule has 0 rings (SSSR count). The molecule has 0 saturated heterocycles. The Bertz CT molecular complexity index is 302. The highest BCUT2D eigenvalue weighted by Gasteiger charge is 2.23. The van der Waals surface area contributed by atoms with Crippen LogP contribution in [-0.4, -0.2) is 41.6 Å². The van der Waals surface area contributed by atoms with Gasteiger partial charge in [0.2, 0.25) is 5.91 Å². The van der Waals surface area contributed by atoms with E-state index in [0.717, 1.165) is 0 Å². The van der Waals surface area contributed by atoms with Crippen LogP contribution in [0.1, 0.15) is 27.2 Å². The molecule has 0 aliphatic heterocycles. The Labute approximate surface area is 100.0 Å². The zero-order chi connectivity index (χ0) is 13.5. The van der Waals surface area contributed by atoms with Gasteiger partial charge < -0.3 is 21.1 Å². The maximum Gasteiger partial charge on any atom is 0.315 e. The third-order valence-electron chi connectivity index (χ3n) is 1.83. The van der Waals surface area contributed by atoms with Crippen molar-refractivity contribution in [2.45, 2.75) is 32.7 Å². The molecule has 0 unspecified atom stereocenters. The molecular formula is C10H19N3O4. The predicted octanol–water partition coefficient (Wildman–Crippen LogP) is -0.325. The molecule has 0 aliphatic carbocycles. The van der Waals surface area contributed by atoms with Gasteiger partial charge in [0.15, 0.2) is 0 Å². The lowest BCUT2D eigenvalue weighted by Gasteiger charge is -2.24. The first-order valence-electron chi connectivity index (χ1n) is 5.31. The van der Waals surface area contributed by atoms with E-state index in [1.165, 1.54) is 0 Å². The number of carbonyl (C=O) groups is 3. The summed E-state index contributed by atoms with van der Waals surface area (Å²) in [5.74, 6) is -1.29. The van der Waals surface area contributed by atoms with E-state index in [0.29, 0.717) is 6.54 Å². The fourth-order valence-corrected chi connectivity index (χ4v) is 1.19. The number of rotatable bonds is 6. The van der Waals surface area contributed by atoms with Gasteiger partial charge in [-0.25, -0.2) is 4.79 Å². The monoisotopic (exact) mass is 245 g/mol. The van der Waals surface area contributed by atoms with Crippen molar-refractivity contribution in [3.8, 4) is 0 Å². The molecule has 0 bridgehead atoms. The molecule has 17 heavy (non-hydrogen) atoms. The second-order valence-corrected chi connectivity index (χ2v) is 4.22. The van der Waals surface area contributed by atoms with Crippen LogP contribution in [0.15, 0.2) is 0 Å². The Morgan fingerprint density at radius 2 is 1.76 bits per heavy atom. The van der Waals surface area contributed by atoms with Gasteiger partial charge in [0.25, 0.3) is 0 Å². The molecule has 98 valence electrons. The minimum atomic E-state index is -1.00. The number of hydrogen-bond acceptors (Lipinski definition) is 3. The van der Waals surface area contributed by atoms with Crippen LogP contribution in [0.5, 0.6) is 0 Å². The normalized spacial score (nSPS) is 10.5. The van der Waals surface area contributed by atoms with Gasteiger partial charge in [0.05, 0.1) is 13.0 Å². The first-order valence-corrected chi connectivity index (χ1v) is 5.31. The van der Waals surface area contributed by atoms with Gasteiger partial charge in [-0.1, -0.05) is 0 Å². The molecule has 0 aliphatic rings. The Kier molecular flexibility index (Phi) is 6.01. The molecule has 7 heteroatoms. The van der Waals surface area contributed by atoms with Crippen molar-refractivity contribution in [1.82, 2.24) is 16.0 Å². The van der Waals surface area contributed by atoms with Gasteiger partial charge in [-0.05, 0) is 20.8 Å². The molecular weight excluding hydrogens is 226 g/mol. The molecule has 3 amide bonds. The van der Waals surface area contributed by atoms with Crippen LogP contribution in [0.2, 0.25) is 0 Å². The summed E-state index contributed by atoms with van der Waals surface area (Å²) in [7, 11) is 0. The number of nitrogens with one attached hydrogen (secondary N) is 3. The summed E-state index contributed by atoms with van der Waals surface area (Å²) < 4.78 is 0. The number of amides is 3. The standard InChI is InChI=1S/C10H19N3O4/c1-4-11-7(14)6-12-9(17)13-10(2,3)5-8(15)16/h4-6H2,1-3H3,(H,11,14)(H,15,16)(H2,12,13,17). The number of hydrogen-bond donors (Lipinski definition) is 4. The van der Waals surface area contributed by atoms with Gasteiger partial charge in [0.1, 0.15) is 0 Å². The minimum Gasteiger partial charge on any atom is -0.481 e. The van der Waals surface area contributed by atoms with E-state index in [1.807, 2.05) is 0 Å². The summed E-state index contributed by atoms with van der Waals surface area (Å²) in [4.78, 5) is 32.9. The summed E-state index contributed by atoms with van der Waals surface area (Å²) in [6.07, 6.45) is -0.193.